The van der Waals surface area contributed by atoms with Crippen LogP contribution in [0.1, 0.15) is 12.8 Å². The van der Waals surface area contributed by atoms with Gasteiger partial charge >= 0.3 is 12.0 Å². The van der Waals surface area contributed by atoms with Crippen LogP contribution in [-0.2, 0) is 9.59 Å². The zero-order chi connectivity index (χ0) is 15.8. The van der Waals surface area contributed by atoms with E-state index < -0.39 is 23.9 Å². The molecule has 5 N–H and O–H groups in total. The predicted molar refractivity (Wildman–Crippen MR) is 75.0 cm³/mol. The molecule has 0 bridgehead atoms. The van der Waals surface area contributed by atoms with Crippen LogP contribution in [0.2, 0.25) is 0 Å². The van der Waals surface area contributed by atoms with Gasteiger partial charge in [-0.1, -0.05) is 6.07 Å². The number of carbonyl (C=O) groups excluding carboxylic acids is 2. The Hall–Kier alpha value is -2.77. The van der Waals surface area contributed by atoms with Crippen molar-refractivity contribution in [3.8, 4) is 5.75 Å². The van der Waals surface area contributed by atoms with E-state index >= 15 is 0 Å². The SMILES string of the molecule is COc1cccc(NC(=O)N[C@H](CCC(N)=O)C(=O)O)c1. The highest BCUT2D eigenvalue weighted by molar-refractivity contribution is 5.92. The largest absolute Gasteiger partial charge is 0.497 e. The van der Waals surface area contributed by atoms with Crippen LogP contribution in [-0.4, -0.2) is 36.2 Å². The summed E-state index contributed by atoms with van der Waals surface area (Å²) in [6.45, 7) is 0. The third-order valence-electron chi connectivity index (χ3n) is 2.61. The number of hydrogen-bond donors (Lipinski definition) is 4. The number of rotatable bonds is 7. The molecule has 8 heteroatoms. The number of methoxy groups -OCH3 is 1. The number of carboxylic acid groups (broad SMARTS) is 1. The van der Waals surface area contributed by atoms with E-state index in [-0.39, 0.29) is 12.8 Å². The minimum Gasteiger partial charge on any atom is -0.497 e. The van der Waals surface area contributed by atoms with Gasteiger partial charge in [-0.15, -0.1) is 0 Å². The van der Waals surface area contributed by atoms with Crippen molar-refractivity contribution in [3.05, 3.63) is 24.3 Å². The highest BCUT2D eigenvalue weighted by Crippen LogP contribution is 2.16. The van der Waals surface area contributed by atoms with Crippen molar-refractivity contribution in [2.24, 2.45) is 5.73 Å². The van der Waals surface area contributed by atoms with Crippen LogP contribution in [0.4, 0.5) is 10.5 Å². The molecule has 0 fully saturated rings. The van der Waals surface area contributed by atoms with E-state index in [0.717, 1.165) is 0 Å². The smallest absolute Gasteiger partial charge is 0.326 e. The van der Waals surface area contributed by atoms with Crippen LogP contribution < -0.4 is 21.1 Å². The van der Waals surface area contributed by atoms with Gasteiger partial charge in [0.25, 0.3) is 0 Å². The van der Waals surface area contributed by atoms with Gasteiger partial charge < -0.3 is 26.2 Å². The van der Waals surface area contributed by atoms with Gasteiger partial charge in [0, 0.05) is 18.2 Å². The lowest BCUT2D eigenvalue weighted by Crippen LogP contribution is -2.43. The molecule has 1 atom stereocenters. The van der Waals surface area contributed by atoms with Gasteiger partial charge in [-0.3, -0.25) is 4.79 Å². The fourth-order valence-electron chi connectivity index (χ4n) is 1.57. The molecule has 8 nitrogen and oxygen atoms in total. The third-order valence-corrected chi connectivity index (χ3v) is 2.61. The normalized spacial score (nSPS) is 11.3. The quantitative estimate of drug-likeness (QED) is 0.583. The van der Waals surface area contributed by atoms with Crippen molar-refractivity contribution < 1.29 is 24.2 Å². The molecule has 3 amide bonds. The summed E-state index contributed by atoms with van der Waals surface area (Å²) in [5, 5.41) is 13.7. The number of benzene rings is 1. The Morgan fingerprint density at radius 2 is 2.10 bits per heavy atom. The molecule has 0 saturated heterocycles. The first kappa shape index (κ1) is 16.3. The molecule has 1 aromatic rings. The van der Waals surface area contributed by atoms with Gasteiger partial charge in [0.2, 0.25) is 5.91 Å². The first-order valence-electron chi connectivity index (χ1n) is 6.15. The summed E-state index contributed by atoms with van der Waals surface area (Å²) >= 11 is 0. The van der Waals surface area contributed by atoms with Crippen molar-refractivity contribution in [2.45, 2.75) is 18.9 Å². The van der Waals surface area contributed by atoms with E-state index in [9.17, 15) is 14.4 Å². The van der Waals surface area contributed by atoms with Crippen molar-refractivity contribution in [1.82, 2.24) is 5.32 Å². The van der Waals surface area contributed by atoms with Crippen molar-refractivity contribution in [2.75, 3.05) is 12.4 Å². The van der Waals surface area contributed by atoms with Gasteiger partial charge in [-0.05, 0) is 18.6 Å². The van der Waals surface area contributed by atoms with Crippen LogP contribution in [0, 0.1) is 0 Å². The van der Waals surface area contributed by atoms with Crippen molar-refractivity contribution in [3.63, 3.8) is 0 Å². The molecule has 0 heterocycles. The van der Waals surface area contributed by atoms with Crippen LogP contribution in [0.3, 0.4) is 0 Å². The standard InChI is InChI=1S/C13H17N3O5/c1-21-9-4-2-3-8(7-9)15-13(20)16-10(12(18)19)5-6-11(14)17/h2-4,7,10H,5-6H2,1H3,(H2,14,17)(H,18,19)(H2,15,16,20)/t10-/m1/s1. The van der Waals surface area contributed by atoms with Gasteiger partial charge in [-0.25, -0.2) is 9.59 Å². The topological polar surface area (TPSA) is 131 Å². The number of carboxylic acids is 1. The third kappa shape index (κ3) is 5.81. The Labute approximate surface area is 121 Å². The lowest BCUT2D eigenvalue weighted by Gasteiger charge is -2.14. The summed E-state index contributed by atoms with van der Waals surface area (Å²) in [7, 11) is 1.49. The molecule has 1 rings (SSSR count). The molecule has 0 aliphatic heterocycles. The molecule has 21 heavy (non-hydrogen) atoms. The maximum Gasteiger partial charge on any atom is 0.326 e. The molecule has 0 aromatic heterocycles. The Morgan fingerprint density at radius 1 is 1.38 bits per heavy atom. The molecule has 0 radical (unpaired) electrons. The predicted octanol–water partition coefficient (Wildman–Crippen LogP) is 0.535. The number of hydrogen-bond acceptors (Lipinski definition) is 4. The summed E-state index contributed by atoms with van der Waals surface area (Å²) in [6.07, 6.45) is -0.202. The van der Waals surface area contributed by atoms with E-state index in [1.54, 1.807) is 24.3 Å². The van der Waals surface area contributed by atoms with Gasteiger partial charge in [0.1, 0.15) is 11.8 Å². The summed E-state index contributed by atoms with van der Waals surface area (Å²) in [5.74, 6) is -1.32. The highest BCUT2D eigenvalue weighted by atomic mass is 16.5. The number of nitrogens with two attached hydrogens (primary N) is 1. The number of nitrogens with one attached hydrogen (secondary N) is 2. The second kappa shape index (κ2) is 7.73. The van der Waals surface area contributed by atoms with E-state index in [4.69, 9.17) is 15.6 Å². The van der Waals surface area contributed by atoms with E-state index in [0.29, 0.717) is 11.4 Å². The summed E-state index contributed by atoms with van der Waals surface area (Å²) in [6, 6.07) is 4.70. The summed E-state index contributed by atoms with van der Waals surface area (Å²) in [5.41, 5.74) is 5.40. The van der Waals surface area contributed by atoms with E-state index in [1.807, 2.05) is 0 Å². The zero-order valence-electron chi connectivity index (χ0n) is 11.5. The Balaban J connectivity index is 2.60. The van der Waals surface area contributed by atoms with Crippen LogP contribution in [0.5, 0.6) is 5.75 Å². The van der Waals surface area contributed by atoms with E-state index in [2.05, 4.69) is 10.6 Å². The minimum absolute atomic E-state index is 0.0732. The number of aliphatic carboxylic acids is 1. The molecule has 0 saturated carbocycles. The lowest BCUT2D eigenvalue weighted by molar-refractivity contribution is -0.139. The fourth-order valence-corrected chi connectivity index (χ4v) is 1.57. The Kier molecular flexibility index (Phi) is 5.99. The summed E-state index contributed by atoms with van der Waals surface area (Å²) < 4.78 is 5.00. The molecular weight excluding hydrogens is 278 g/mol. The second-order valence-electron chi connectivity index (χ2n) is 4.23. The lowest BCUT2D eigenvalue weighted by atomic mass is 10.1. The minimum atomic E-state index is -1.24. The second-order valence-corrected chi connectivity index (χ2v) is 4.23. The van der Waals surface area contributed by atoms with Crippen molar-refractivity contribution in [1.29, 1.82) is 0 Å². The van der Waals surface area contributed by atoms with Gasteiger partial charge in [0.05, 0.1) is 7.11 Å². The summed E-state index contributed by atoms with van der Waals surface area (Å²) in [4.78, 5) is 33.4. The maximum atomic E-state index is 11.7. The van der Waals surface area contributed by atoms with Gasteiger partial charge in [-0.2, -0.15) is 0 Å². The first-order chi connectivity index (χ1) is 9.92. The molecule has 1 aromatic carbocycles. The number of primary amides is 1. The maximum absolute atomic E-state index is 11.7. The van der Waals surface area contributed by atoms with Crippen LogP contribution in [0.15, 0.2) is 24.3 Å². The number of carbonyl (C=O) groups is 3. The van der Waals surface area contributed by atoms with Gasteiger partial charge in [0.15, 0.2) is 0 Å². The van der Waals surface area contributed by atoms with Crippen molar-refractivity contribution >= 4 is 23.6 Å². The molecular formula is C13H17N3O5. The molecule has 0 unspecified atom stereocenters. The average molecular weight is 295 g/mol. The highest BCUT2D eigenvalue weighted by Gasteiger charge is 2.20. The fraction of sp³-hybridized carbons (Fsp3) is 0.308. The number of amides is 3. The Morgan fingerprint density at radius 3 is 2.67 bits per heavy atom. The average Bonchev–Trinajstić information content (AvgIpc) is 2.43. The Bertz CT molecular complexity index is 532. The van der Waals surface area contributed by atoms with Crippen LogP contribution in [0.25, 0.3) is 0 Å². The monoisotopic (exact) mass is 295 g/mol. The molecule has 0 aliphatic carbocycles. The van der Waals surface area contributed by atoms with E-state index in [1.165, 1.54) is 7.11 Å². The number of urea groups is 1. The molecule has 0 aliphatic rings. The molecule has 0 spiro atoms. The first-order valence-corrected chi connectivity index (χ1v) is 6.15. The molecule has 114 valence electrons. The van der Waals surface area contributed by atoms with Crippen LogP contribution >= 0.6 is 0 Å². The zero-order valence-corrected chi connectivity index (χ0v) is 11.5. The number of anilines is 1. The number of ether oxygens (including phenoxy) is 1.